The average molecular weight is 233 g/mol. The number of tetrazole rings is 1. The summed E-state index contributed by atoms with van der Waals surface area (Å²) in [6.07, 6.45) is 0. The highest BCUT2D eigenvalue weighted by atomic mass is 16.6. The van der Waals surface area contributed by atoms with Crippen LogP contribution in [-0.2, 0) is 6.54 Å². The first kappa shape index (κ1) is 10.0. The third-order valence-electron chi connectivity index (χ3n) is 2.49. The molecule has 1 aromatic carbocycles. The van der Waals surface area contributed by atoms with Crippen LogP contribution in [0.1, 0.15) is 5.82 Å². The Bertz CT molecular complexity index is 539. The van der Waals surface area contributed by atoms with E-state index in [9.17, 15) is 0 Å². The maximum atomic E-state index is 5.55. The first-order valence-electron chi connectivity index (χ1n) is 5.26. The lowest BCUT2D eigenvalue weighted by molar-refractivity contribution is 0.171. The highest BCUT2D eigenvalue weighted by molar-refractivity contribution is 5.49. The molecule has 0 radical (unpaired) electrons. The summed E-state index contributed by atoms with van der Waals surface area (Å²) < 4.78 is 12.5. The van der Waals surface area contributed by atoms with Gasteiger partial charge in [-0.05, 0) is 22.6 Å². The Hall–Kier alpha value is -2.15. The number of fused-ring (bicyclic) bond motifs is 1. The molecule has 7 nitrogen and oxygen atoms in total. The molecule has 0 bridgehead atoms. The zero-order chi connectivity index (χ0) is 11.7. The molecule has 0 aliphatic carbocycles. The number of benzene rings is 1. The molecule has 0 saturated carbocycles. The molecule has 7 heteroatoms. The highest BCUT2D eigenvalue weighted by Gasteiger charge is 2.14. The Morgan fingerprint density at radius 1 is 1.24 bits per heavy atom. The second kappa shape index (κ2) is 4.02. The summed E-state index contributed by atoms with van der Waals surface area (Å²) in [5, 5.41) is 11.3. The van der Waals surface area contributed by atoms with Gasteiger partial charge in [-0.3, -0.25) is 0 Å². The van der Waals surface area contributed by atoms with Crippen molar-refractivity contribution in [2.45, 2.75) is 6.54 Å². The third kappa shape index (κ3) is 1.70. The predicted molar refractivity (Wildman–Crippen MR) is 58.0 cm³/mol. The fraction of sp³-hybridized carbons (Fsp3) is 0.300. The molecule has 2 N–H and O–H groups in total. The molecule has 0 fully saturated rings. The van der Waals surface area contributed by atoms with Gasteiger partial charge in [0.15, 0.2) is 17.3 Å². The topological polar surface area (TPSA) is 88.1 Å². The lowest BCUT2D eigenvalue weighted by Crippen LogP contribution is -2.16. The van der Waals surface area contributed by atoms with E-state index in [4.69, 9.17) is 15.2 Å². The summed E-state index contributed by atoms with van der Waals surface area (Å²) in [4.78, 5) is 0. The normalized spacial score (nSPS) is 13.7. The number of hydrogen-bond donors (Lipinski definition) is 1. The van der Waals surface area contributed by atoms with Gasteiger partial charge in [-0.25, -0.2) is 0 Å². The summed E-state index contributed by atoms with van der Waals surface area (Å²) in [5.74, 6) is 2.04. The van der Waals surface area contributed by atoms with Crippen molar-refractivity contribution >= 4 is 0 Å². The van der Waals surface area contributed by atoms with Gasteiger partial charge >= 0.3 is 0 Å². The molecule has 0 spiro atoms. The number of aromatic nitrogens is 4. The summed E-state index contributed by atoms with van der Waals surface area (Å²) in [6, 6.07) is 5.54. The molecule has 0 amide bonds. The summed E-state index contributed by atoms with van der Waals surface area (Å²) in [5.41, 5.74) is 6.36. The largest absolute Gasteiger partial charge is 0.486 e. The molecule has 0 saturated heterocycles. The molecule has 0 unspecified atom stereocenters. The smallest absolute Gasteiger partial charge is 0.170 e. The van der Waals surface area contributed by atoms with Crippen LogP contribution in [0.15, 0.2) is 18.2 Å². The van der Waals surface area contributed by atoms with Crippen LogP contribution < -0.4 is 15.2 Å². The van der Waals surface area contributed by atoms with Gasteiger partial charge in [0.05, 0.1) is 12.2 Å². The van der Waals surface area contributed by atoms with Gasteiger partial charge in [0.1, 0.15) is 13.2 Å². The summed E-state index contributed by atoms with van der Waals surface area (Å²) >= 11 is 0. The van der Waals surface area contributed by atoms with Crippen molar-refractivity contribution < 1.29 is 9.47 Å². The van der Waals surface area contributed by atoms with Crippen molar-refractivity contribution in [3.63, 3.8) is 0 Å². The van der Waals surface area contributed by atoms with Crippen LogP contribution in [0.5, 0.6) is 11.5 Å². The highest BCUT2D eigenvalue weighted by Crippen LogP contribution is 2.31. The fourth-order valence-electron chi connectivity index (χ4n) is 1.70. The molecule has 3 rings (SSSR count). The Labute approximate surface area is 97.1 Å². The van der Waals surface area contributed by atoms with E-state index in [2.05, 4.69) is 15.5 Å². The minimum atomic E-state index is 0.279. The van der Waals surface area contributed by atoms with E-state index in [-0.39, 0.29) is 6.54 Å². The van der Waals surface area contributed by atoms with E-state index in [1.54, 1.807) is 4.68 Å². The molecular formula is C10H11N5O2. The van der Waals surface area contributed by atoms with Gasteiger partial charge in [-0.1, -0.05) is 0 Å². The maximum Gasteiger partial charge on any atom is 0.170 e. The van der Waals surface area contributed by atoms with Crippen LogP contribution in [0, 0.1) is 0 Å². The van der Waals surface area contributed by atoms with Crippen LogP contribution >= 0.6 is 0 Å². The number of ether oxygens (including phenoxy) is 2. The fourth-order valence-corrected chi connectivity index (χ4v) is 1.70. The summed E-state index contributed by atoms with van der Waals surface area (Å²) in [7, 11) is 0. The van der Waals surface area contributed by atoms with E-state index in [0.717, 1.165) is 11.4 Å². The van der Waals surface area contributed by atoms with Crippen molar-refractivity contribution in [3.8, 4) is 17.2 Å². The molecule has 2 aromatic rings. The zero-order valence-corrected chi connectivity index (χ0v) is 9.04. The van der Waals surface area contributed by atoms with Crippen LogP contribution in [0.3, 0.4) is 0 Å². The summed E-state index contributed by atoms with van der Waals surface area (Å²) in [6.45, 7) is 1.41. The van der Waals surface area contributed by atoms with Crippen LogP contribution in [-0.4, -0.2) is 33.4 Å². The quantitative estimate of drug-likeness (QED) is 0.778. The number of nitrogens with two attached hydrogens (primary N) is 1. The monoisotopic (exact) mass is 233 g/mol. The first-order valence-corrected chi connectivity index (χ1v) is 5.26. The van der Waals surface area contributed by atoms with Gasteiger partial charge in [0.25, 0.3) is 0 Å². The lowest BCUT2D eigenvalue weighted by atomic mass is 10.2. The third-order valence-corrected chi connectivity index (χ3v) is 2.49. The van der Waals surface area contributed by atoms with E-state index >= 15 is 0 Å². The minimum absolute atomic E-state index is 0.279. The Balaban J connectivity index is 2.04. The van der Waals surface area contributed by atoms with Gasteiger partial charge in [0, 0.05) is 6.07 Å². The van der Waals surface area contributed by atoms with Gasteiger partial charge in [0.2, 0.25) is 0 Å². The Kier molecular flexibility index (Phi) is 2.37. The average Bonchev–Trinajstić information content (AvgIpc) is 2.86. The molecule has 17 heavy (non-hydrogen) atoms. The van der Waals surface area contributed by atoms with Gasteiger partial charge in [-0.15, -0.1) is 5.10 Å². The van der Waals surface area contributed by atoms with Crippen LogP contribution in [0.4, 0.5) is 0 Å². The zero-order valence-electron chi connectivity index (χ0n) is 9.04. The first-order chi connectivity index (χ1) is 8.38. The number of rotatable bonds is 2. The van der Waals surface area contributed by atoms with Crippen molar-refractivity contribution in [1.29, 1.82) is 0 Å². The van der Waals surface area contributed by atoms with Gasteiger partial charge < -0.3 is 15.2 Å². The van der Waals surface area contributed by atoms with Crippen LogP contribution in [0.2, 0.25) is 0 Å². The Morgan fingerprint density at radius 2 is 2.06 bits per heavy atom. The molecule has 2 heterocycles. The minimum Gasteiger partial charge on any atom is -0.486 e. The molecule has 88 valence electrons. The predicted octanol–water partition coefficient (Wildman–Crippen LogP) is -0.108. The number of hydrogen-bond acceptors (Lipinski definition) is 6. The Morgan fingerprint density at radius 3 is 2.88 bits per heavy atom. The van der Waals surface area contributed by atoms with Crippen molar-refractivity contribution in [1.82, 2.24) is 20.2 Å². The van der Waals surface area contributed by atoms with E-state index in [1.807, 2.05) is 18.2 Å². The number of nitrogens with zero attached hydrogens (tertiary/aromatic N) is 4. The standard InChI is InChI=1S/C10H11N5O2/c11-6-10-12-13-14-15(10)7-1-2-8-9(5-7)17-4-3-16-8/h1-2,5H,3-4,6,11H2. The van der Waals surface area contributed by atoms with E-state index < -0.39 is 0 Å². The molecule has 0 atom stereocenters. The molecule has 1 aromatic heterocycles. The molecule has 1 aliphatic heterocycles. The van der Waals surface area contributed by atoms with E-state index in [1.165, 1.54) is 0 Å². The molecular weight excluding hydrogens is 222 g/mol. The van der Waals surface area contributed by atoms with Crippen molar-refractivity contribution in [2.24, 2.45) is 5.73 Å². The lowest BCUT2D eigenvalue weighted by Gasteiger charge is -2.18. The SMILES string of the molecule is NCc1nnnn1-c1ccc2c(c1)OCCO2. The van der Waals surface area contributed by atoms with Crippen LogP contribution in [0.25, 0.3) is 5.69 Å². The second-order valence-electron chi connectivity index (χ2n) is 3.54. The van der Waals surface area contributed by atoms with Crippen molar-refractivity contribution in [3.05, 3.63) is 24.0 Å². The van der Waals surface area contributed by atoms with Gasteiger partial charge in [-0.2, -0.15) is 4.68 Å². The van der Waals surface area contributed by atoms with E-state index in [0.29, 0.717) is 24.8 Å². The maximum absolute atomic E-state index is 5.55. The molecule has 1 aliphatic rings. The second-order valence-corrected chi connectivity index (χ2v) is 3.54. The van der Waals surface area contributed by atoms with Crippen molar-refractivity contribution in [2.75, 3.05) is 13.2 Å².